The highest BCUT2D eigenvalue weighted by molar-refractivity contribution is 5.04. The molecule has 0 spiro atoms. The normalized spacial score (nSPS) is 34.6. The van der Waals surface area contributed by atoms with Crippen LogP contribution < -0.4 is 5.73 Å². The highest BCUT2D eigenvalue weighted by atomic mass is 16.5. The van der Waals surface area contributed by atoms with Crippen LogP contribution in [-0.2, 0) is 4.74 Å². The van der Waals surface area contributed by atoms with E-state index < -0.39 is 0 Å². The van der Waals surface area contributed by atoms with Crippen LogP contribution in [0.2, 0.25) is 0 Å². The van der Waals surface area contributed by atoms with Gasteiger partial charge in [-0.1, -0.05) is 13.8 Å². The molecule has 0 radical (unpaired) electrons. The summed E-state index contributed by atoms with van der Waals surface area (Å²) in [5.41, 5.74) is 6.25. The lowest BCUT2D eigenvalue weighted by molar-refractivity contribution is -0.0318. The van der Waals surface area contributed by atoms with E-state index in [1.54, 1.807) is 0 Å². The Bertz CT molecular complexity index is 255. The number of methoxy groups -OCH3 is 1. The number of nitrogens with two attached hydrogens (primary N) is 1. The second-order valence-corrected chi connectivity index (χ2v) is 6.20. The zero-order valence-electron chi connectivity index (χ0n) is 11.6. The van der Waals surface area contributed by atoms with E-state index >= 15 is 0 Å². The summed E-state index contributed by atoms with van der Waals surface area (Å²) in [4.78, 5) is 2.64. The van der Waals surface area contributed by atoms with Gasteiger partial charge in [0.25, 0.3) is 0 Å². The first-order valence-electron chi connectivity index (χ1n) is 7.08. The van der Waals surface area contributed by atoms with Crippen LogP contribution in [0.25, 0.3) is 0 Å². The number of piperidine rings is 1. The van der Waals surface area contributed by atoms with E-state index in [-0.39, 0.29) is 5.54 Å². The highest BCUT2D eigenvalue weighted by Crippen LogP contribution is 2.44. The second-order valence-electron chi connectivity index (χ2n) is 6.20. The van der Waals surface area contributed by atoms with Crippen LogP contribution in [0.4, 0.5) is 0 Å². The first kappa shape index (κ1) is 13.3. The summed E-state index contributed by atoms with van der Waals surface area (Å²) in [5, 5.41) is 0. The molecule has 3 heteroatoms. The van der Waals surface area contributed by atoms with Gasteiger partial charge in [0.1, 0.15) is 0 Å². The number of hydrogen-bond donors (Lipinski definition) is 1. The monoisotopic (exact) mass is 240 g/mol. The number of ether oxygens (including phenoxy) is 1. The van der Waals surface area contributed by atoms with E-state index in [4.69, 9.17) is 10.5 Å². The largest absolute Gasteiger partial charge is 0.383 e. The number of rotatable bonds is 5. The summed E-state index contributed by atoms with van der Waals surface area (Å²) in [6.45, 7) is 8.68. The molecule has 3 nitrogen and oxygen atoms in total. The molecule has 2 aliphatic rings. The van der Waals surface area contributed by atoms with Crippen LogP contribution in [0.3, 0.4) is 0 Å². The molecule has 1 aliphatic carbocycles. The molecule has 1 heterocycles. The van der Waals surface area contributed by atoms with E-state index in [0.29, 0.717) is 0 Å². The Kier molecular flexibility index (Phi) is 4.11. The fourth-order valence-corrected chi connectivity index (χ4v) is 3.36. The van der Waals surface area contributed by atoms with E-state index in [1.807, 2.05) is 7.11 Å². The third-order valence-corrected chi connectivity index (χ3v) is 5.05. The van der Waals surface area contributed by atoms with Gasteiger partial charge < -0.3 is 10.5 Å². The standard InChI is InChI=1S/C14H28N2O/c1-11-6-7-16(8-12(11)2)14(9-15,10-17-3)13-4-5-13/h11-13H,4-10,15H2,1-3H3. The van der Waals surface area contributed by atoms with Gasteiger partial charge in [0.2, 0.25) is 0 Å². The molecule has 2 N–H and O–H groups in total. The van der Waals surface area contributed by atoms with Gasteiger partial charge in [-0.05, 0) is 43.6 Å². The van der Waals surface area contributed by atoms with Gasteiger partial charge >= 0.3 is 0 Å². The van der Waals surface area contributed by atoms with Gasteiger partial charge in [-0.25, -0.2) is 0 Å². The van der Waals surface area contributed by atoms with E-state index in [0.717, 1.165) is 30.9 Å². The summed E-state index contributed by atoms with van der Waals surface area (Å²) in [6, 6.07) is 0. The maximum Gasteiger partial charge on any atom is 0.0661 e. The lowest BCUT2D eigenvalue weighted by atomic mass is 9.83. The lowest BCUT2D eigenvalue weighted by Gasteiger charge is -2.48. The molecule has 100 valence electrons. The molecule has 0 amide bonds. The molecule has 2 rings (SSSR count). The van der Waals surface area contributed by atoms with Gasteiger partial charge in [-0.2, -0.15) is 0 Å². The molecule has 1 aliphatic heterocycles. The molecule has 0 aromatic carbocycles. The molecular formula is C14H28N2O. The van der Waals surface area contributed by atoms with Crippen molar-refractivity contribution in [1.29, 1.82) is 0 Å². The van der Waals surface area contributed by atoms with Gasteiger partial charge in [-0.15, -0.1) is 0 Å². The zero-order chi connectivity index (χ0) is 12.5. The SMILES string of the molecule is COCC(CN)(C1CC1)N1CCC(C)C(C)C1. The van der Waals surface area contributed by atoms with Crippen molar-refractivity contribution in [2.24, 2.45) is 23.5 Å². The van der Waals surface area contributed by atoms with Crippen molar-refractivity contribution in [1.82, 2.24) is 4.90 Å². The van der Waals surface area contributed by atoms with Crippen LogP contribution in [0, 0.1) is 17.8 Å². The quantitative estimate of drug-likeness (QED) is 0.795. The minimum atomic E-state index is 0.128. The van der Waals surface area contributed by atoms with Gasteiger partial charge in [0.05, 0.1) is 12.1 Å². The van der Waals surface area contributed by atoms with Crippen molar-refractivity contribution < 1.29 is 4.74 Å². The maximum atomic E-state index is 6.12. The third kappa shape index (κ3) is 2.51. The molecule has 1 saturated carbocycles. The second kappa shape index (κ2) is 5.25. The fraction of sp³-hybridized carbons (Fsp3) is 1.00. The Morgan fingerprint density at radius 3 is 2.41 bits per heavy atom. The number of likely N-dealkylation sites (tertiary alicyclic amines) is 1. The molecule has 1 saturated heterocycles. The van der Waals surface area contributed by atoms with Crippen molar-refractivity contribution in [2.45, 2.75) is 38.6 Å². The molecule has 0 aromatic rings. The number of nitrogens with zero attached hydrogens (tertiary/aromatic N) is 1. The molecule has 0 aromatic heterocycles. The van der Waals surface area contributed by atoms with Crippen LogP contribution in [-0.4, -0.2) is 43.8 Å². The zero-order valence-corrected chi connectivity index (χ0v) is 11.6. The molecular weight excluding hydrogens is 212 g/mol. The van der Waals surface area contributed by atoms with Crippen molar-refractivity contribution >= 4 is 0 Å². The molecule has 3 unspecified atom stereocenters. The Morgan fingerprint density at radius 2 is 1.94 bits per heavy atom. The van der Waals surface area contributed by atoms with Crippen LogP contribution in [0.15, 0.2) is 0 Å². The summed E-state index contributed by atoms with van der Waals surface area (Å²) in [6.07, 6.45) is 3.97. The average molecular weight is 240 g/mol. The van der Waals surface area contributed by atoms with E-state index in [1.165, 1.54) is 32.4 Å². The first-order chi connectivity index (χ1) is 8.14. The van der Waals surface area contributed by atoms with Crippen molar-refractivity contribution in [3.05, 3.63) is 0 Å². The van der Waals surface area contributed by atoms with E-state index in [9.17, 15) is 0 Å². The lowest BCUT2D eigenvalue weighted by Crippen LogP contribution is -2.61. The van der Waals surface area contributed by atoms with Crippen molar-refractivity contribution in [3.8, 4) is 0 Å². The Morgan fingerprint density at radius 1 is 1.24 bits per heavy atom. The summed E-state index contributed by atoms with van der Waals surface area (Å²) >= 11 is 0. The Labute approximate surface area is 106 Å². The first-order valence-corrected chi connectivity index (χ1v) is 7.08. The summed E-state index contributed by atoms with van der Waals surface area (Å²) in [7, 11) is 1.81. The van der Waals surface area contributed by atoms with Gasteiger partial charge in [0, 0.05) is 20.2 Å². The predicted molar refractivity (Wildman–Crippen MR) is 70.9 cm³/mol. The number of hydrogen-bond acceptors (Lipinski definition) is 3. The predicted octanol–water partition coefficient (Wildman–Crippen LogP) is 1.72. The summed E-state index contributed by atoms with van der Waals surface area (Å²) in [5.74, 6) is 2.40. The minimum Gasteiger partial charge on any atom is -0.383 e. The minimum absolute atomic E-state index is 0.128. The van der Waals surface area contributed by atoms with Gasteiger partial charge in [0.15, 0.2) is 0 Å². The Hall–Kier alpha value is -0.120. The fourth-order valence-electron chi connectivity index (χ4n) is 3.36. The van der Waals surface area contributed by atoms with Crippen LogP contribution in [0.5, 0.6) is 0 Å². The average Bonchev–Trinajstić information content (AvgIpc) is 3.14. The molecule has 17 heavy (non-hydrogen) atoms. The van der Waals surface area contributed by atoms with Gasteiger partial charge in [-0.3, -0.25) is 4.90 Å². The van der Waals surface area contributed by atoms with Crippen molar-refractivity contribution in [2.75, 3.05) is 33.4 Å². The Balaban J connectivity index is 2.09. The van der Waals surface area contributed by atoms with Crippen molar-refractivity contribution in [3.63, 3.8) is 0 Å². The highest BCUT2D eigenvalue weighted by Gasteiger charge is 2.49. The topological polar surface area (TPSA) is 38.5 Å². The maximum absolute atomic E-state index is 6.12. The van der Waals surface area contributed by atoms with Crippen LogP contribution >= 0.6 is 0 Å². The summed E-state index contributed by atoms with van der Waals surface area (Å²) < 4.78 is 5.49. The molecule has 2 fully saturated rings. The van der Waals surface area contributed by atoms with E-state index in [2.05, 4.69) is 18.7 Å². The van der Waals surface area contributed by atoms with Crippen LogP contribution in [0.1, 0.15) is 33.1 Å². The molecule has 0 bridgehead atoms. The molecule has 3 atom stereocenters. The third-order valence-electron chi connectivity index (χ3n) is 5.05. The smallest absolute Gasteiger partial charge is 0.0661 e.